The minimum absolute atomic E-state index is 0.0238. The van der Waals surface area contributed by atoms with Gasteiger partial charge in [0.25, 0.3) is 5.89 Å². The number of alkyl halides is 3. The molecule has 1 atom stereocenters. The molecule has 3 aromatic rings. The Kier molecular flexibility index (Phi) is 4.43. The molecule has 0 spiro atoms. The van der Waals surface area contributed by atoms with E-state index in [1.807, 2.05) is 0 Å². The lowest BCUT2D eigenvalue weighted by molar-refractivity contribution is -0.137. The minimum atomic E-state index is -4.46. The second-order valence-corrected chi connectivity index (χ2v) is 5.25. The standard InChI is InChI=1S/C17H12F4N2O2/c1-10(24-14-7-5-13(18)6-8-14)16-22-15(23-25-16)11-3-2-4-12(9-11)17(19,20)21/h2-10H,1H3/t10-/m0/s1. The second-order valence-electron chi connectivity index (χ2n) is 5.25. The van der Waals surface area contributed by atoms with Crippen LogP contribution >= 0.6 is 0 Å². The lowest BCUT2D eigenvalue weighted by Crippen LogP contribution is -2.05. The third kappa shape index (κ3) is 3.96. The molecule has 0 aliphatic rings. The van der Waals surface area contributed by atoms with E-state index < -0.39 is 23.7 Å². The smallest absolute Gasteiger partial charge is 0.416 e. The molecule has 0 bridgehead atoms. The fourth-order valence-electron chi connectivity index (χ4n) is 2.12. The molecule has 0 saturated carbocycles. The highest BCUT2D eigenvalue weighted by molar-refractivity contribution is 5.55. The van der Waals surface area contributed by atoms with Crippen LogP contribution in [-0.4, -0.2) is 10.1 Å². The van der Waals surface area contributed by atoms with Crippen LogP contribution in [-0.2, 0) is 6.18 Å². The minimum Gasteiger partial charge on any atom is -0.481 e. The molecule has 3 rings (SSSR count). The lowest BCUT2D eigenvalue weighted by Gasteiger charge is -2.10. The maximum atomic E-state index is 12.9. The quantitative estimate of drug-likeness (QED) is 0.618. The van der Waals surface area contributed by atoms with Gasteiger partial charge >= 0.3 is 6.18 Å². The van der Waals surface area contributed by atoms with Crippen molar-refractivity contribution in [1.82, 2.24) is 10.1 Å². The van der Waals surface area contributed by atoms with Crippen molar-refractivity contribution >= 4 is 0 Å². The zero-order valence-electron chi connectivity index (χ0n) is 12.9. The van der Waals surface area contributed by atoms with Crippen molar-refractivity contribution in [2.24, 2.45) is 0 Å². The van der Waals surface area contributed by atoms with Gasteiger partial charge in [-0.3, -0.25) is 0 Å². The van der Waals surface area contributed by atoms with Gasteiger partial charge in [-0.1, -0.05) is 17.3 Å². The van der Waals surface area contributed by atoms with Gasteiger partial charge in [0.15, 0.2) is 6.10 Å². The molecule has 0 unspecified atom stereocenters. The van der Waals surface area contributed by atoms with Crippen LogP contribution < -0.4 is 4.74 Å². The molecule has 0 saturated heterocycles. The zero-order valence-corrected chi connectivity index (χ0v) is 12.9. The van der Waals surface area contributed by atoms with Crippen LogP contribution in [0.3, 0.4) is 0 Å². The van der Waals surface area contributed by atoms with Gasteiger partial charge in [-0.25, -0.2) is 4.39 Å². The summed E-state index contributed by atoms with van der Waals surface area (Å²) in [6, 6.07) is 9.99. The van der Waals surface area contributed by atoms with Gasteiger partial charge in [0.2, 0.25) is 5.82 Å². The Hall–Kier alpha value is -2.90. The number of halogens is 4. The molecule has 0 amide bonds. The Bertz CT molecular complexity index is 860. The Morgan fingerprint density at radius 3 is 2.48 bits per heavy atom. The van der Waals surface area contributed by atoms with Crippen LogP contribution in [0.2, 0.25) is 0 Å². The summed E-state index contributed by atoms with van der Waals surface area (Å²) in [5, 5.41) is 3.69. The predicted molar refractivity (Wildman–Crippen MR) is 80.2 cm³/mol. The number of benzene rings is 2. The van der Waals surface area contributed by atoms with Crippen LogP contribution in [0.5, 0.6) is 5.75 Å². The molecule has 0 radical (unpaired) electrons. The molecule has 2 aromatic carbocycles. The van der Waals surface area contributed by atoms with Crippen LogP contribution in [0.25, 0.3) is 11.4 Å². The molecule has 0 fully saturated rings. The average molecular weight is 352 g/mol. The van der Waals surface area contributed by atoms with Crippen molar-refractivity contribution in [3.8, 4) is 17.1 Å². The Morgan fingerprint density at radius 1 is 1.08 bits per heavy atom. The zero-order chi connectivity index (χ0) is 18.0. The summed E-state index contributed by atoms with van der Waals surface area (Å²) in [6.45, 7) is 1.63. The number of ether oxygens (including phenoxy) is 1. The summed E-state index contributed by atoms with van der Waals surface area (Å²) in [5.74, 6) is 0.115. The van der Waals surface area contributed by atoms with Gasteiger partial charge < -0.3 is 9.26 Å². The van der Waals surface area contributed by atoms with E-state index in [4.69, 9.17) is 9.26 Å². The Morgan fingerprint density at radius 2 is 1.80 bits per heavy atom. The van der Waals surface area contributed by atoms with E-state index in [1.165, 1.54) is 36.4 Å². The normalized spacial score (nSPS) is 12.8. The summed E-state index contributed by atoms with van der Waals surface area (Å²) >= 11 is 0. The van der Waals surface area contributed by atoms with E-state index >= 15 is 0 Å². The first-order valence-electron chi connectivity index (χ1n) is 7.26. The van der Waals surface area contributed by atoms with Crippen LogP contribution in [0.15, 0.2) is 53.1 Å². The molecule has 1 aromatic heterocycles. The average Bonchev–Trinajstić information content (AvgIpc) is 3.06. The molecule has 25 heavy (non-hydrogen) atoms. The molecule has 130 valence electrons. The van der Waals surface area contributed by atoms with Gasteiger partial charge in [0.1, 0.15) is 11.6 Å². The maximum absolute atomic E-state index is 12.9. The van der Waals surface area contributed by atoms with Gasteiger partial charge in [0.05, 0.1) is 5.56 Å². The molecule has 4 nitrogen and oxygen atoms in total. The lowest BCUT2D eigenvalue weighted by atomic mass is 10.1. The van der Waals surface area contributed by atoms with Gasteiger partial charge in [-0.2, -0.15) is 18.2 Å². The molecule has 8 heteroatoms. The van der Waals surface area contributed by atoms with E-state index in [9.17, 15) is 17.6 Å². The van der Waals surface area contributed by atoms with Crippen molar-refractivity contribution in [3.63, 3.8) is 0 Å². The number of nitrogens with zero attached hydrogens (tertiary/aromatic N) is 2. The molecule has 1 heterocycles. The van der Waals surface area contributed by atoms with Crippen LogP contribution in [0.4, 0.5) is 17.6 Å². The number of rotatable bonds is 4. The fourth-order valence-corrected chi connectivity index (χ4v) is 2.12. The van der Waals surface area contributed by atoms with Crippen molar-refractivity contribution < 1.29 is 26.8 Å². The van der Waals surface area contributed by atoms with Crippen molar-refractivity contribution in [2.75, 3.05) is 0 Å². The van der Waals surface area contributed by atoms with Gasteiger partial charge in [-0.05, 0) is 43.3 Å². The highest BCUT2D eigenvalue weighted by Gasteiger charge is 2.31. The number of hydrogen-bond acceptors (Lipinski definition) is 4. The molecular formula is C17H12F4N2O2. The molecule has 0 aliphatic carbocycles. The van der Waals surface area contributed by atoms with E-state index in [0.717, 1.165) is 12.1 Å². The van der Waals surface area contributed by atoms with Gasteiger partial charge in [0, 0.05) is 5.56 Å². The molecule has 0 aliphatic heterocycles. The highest BCUT2D eigenvalue weighted by atomic mass is 19.4. The monoisotopic (exact) mass is 352 g/mol. The number of aromatic nitrogens is 2. The van der Waals surface area contributed by atoms with Crippen molar-refractivity contribution in [1.29, 1.82) is 0 Å². The Balaban J connectivity index is 1.79. The summed E-state index contributed by atoms with van der Waals surface area (Å²) < 4.78 is 61.8. The summed E-state index contributed by atoms with van der Waals surface area (Å²) in [4.78, 5) is 4.07. The van der Waals surface area contributed by atoms with E-state index in [-0.39, 0.29) is 17.3 Å². The SMILES string of the molecule is C[C@H](Oc1ccc(F)cc1)c1nc(-c2cccc(C(F)(F)F)c2)no1. The fraction of sp³-hybridized carbons (Fsp3) is 0.176. The van der Waals surface area contributed by atoms with E-state index in [0.29, 0.717) is 5.75 Å². The number of hydrogen-bond donors (Lipinski definition) is 0. The summed E-state index contributed by atoms with van der Waals surface area (Å²) in [6.07, 6.45) is -5.11. The molecular weight excluding hydrogens is 340 g/mol. The van der Waals surface area contributed by atoms with E-state index in [2.05, 4.69) is 10.1 Å². The first-order valence-corrected chi connectivity index (χ1v) is 7.26. The summed E-state index contributed by atoms with van der Waals surface area (Å²) in [5.41, 5.74) is -0.620. The van der Waals surface area contributed by atoms with Gasteiger partial charge in [-0.15, -0.1) is 0 Å². The first-order chi connectivity index (χ1) is 11.8. The van der Waals surface area contributed by atoms with Crippen LogP contribution in [0, 0.1) is 5.82 Å². The van der Waals surface area contributed by atoms with E-state index in [1.54, 1.807) is 6.92 Å². The van der Waals surface area contributed by atoms with Crippen molar-refractivity contribution in [2.45, 2.75) is 19.2 Å². The topological polar surface area (TPSA) is 48.2 Å². The second kappa shape index (κ2) is 6.54. The third-order valence-corrected chi connectivity index (χ3v) is 3.36. The Labute approximate surface area is 140 Å². The first kappa shape index (κ1) is 16.9. The third-order valence-electron chi connectivity index (χ3n) is 3.36. The largest absolute Gasteiger partial charge is 0.481 e. The maximum Gasteiger partial charge on any atom is 0.416 e. The van der Waals surface area contributed by atoms with Crippen molar-refractivity contribution in [3.05, 3.63) is 65.8 Å². The summed E-state index contributed by atoms with van der Waals surface area (Å²) in [7, 11) is 0. The van der Waals surface area contributed by atoms with Crippen LogP contribution in [0.1, 0.15) is 24.5 Å². The highest BCUT2D eigenvalue weighted by Crippen LogP contribution is 2.32. The predicted octanol–water partition coefficient (Wildman–Crippen LogP) is 5.03. The molecule has 0 N–H and O–H groups in total.